The lowest BCUT2D eigenvalue weighted by Gasteiger charge is -2.11. The maximum atomic E-state index is 12.8. The summed E-state index contributed by atoms with van der Waals surface area (Å²) in [5.74, 6) is -1.14. The van der Waals surface area contributed by atoms with Gasteiger partial charge in [0.25, 0.3) is 5.56 Å². The zero-order chi connectivity index (χ0) is 21.6. The Labute approximate surface area is 168 Å². The highest BCUT2D eigenvalue weighted by molar-refractivity contribution is 5.70. The van der Waals surface area contributed by atoms with E-state index in [4.69, 9.17) is 0 Å². The second kappa shape index (κ2) is 6.99. The van der Waals surface area contributed by atoms with Gasteiger partial charge < -0.3 is 25.0 Å². The Morgan fingerprint density at radius 1 is 0.833 bits per heavy atom. The third-order valence-corrected chi connectivity index (χ3v) is 4.87. The van der Waals surface area contributed by atoms with Crippen molar-refractivity contribution < 1.29 is 20.4 Å². The van der Waals surface area contributed by atoms with Crippen LogP contribution in [-0.4, -0.2) is 39.1 Å². The van der Waals surface area contributed by atoms with Crippen LogP contribution >= 0.6 is 0 Å². The van der Waals surface area contributed by atoms with Crippen LogP contribution in [0.5, 0.6) is 23.0 Å². The molecule has 10 nitrogen and oxygen atoms in total. The van der Waals surface area contributed by atoms with Gasteiger partial charge in [-0.2, -0.15) is 0 Å². The van der Waals surface area contributed by atoms with E-state index in [1.54, 1.807) is 16.7 Å². The summed E-state index contributed by atoms with van der Waals surface area (Å²) in [4.78, 5) is 29.7. The van der Waals surface area contributed by atoms with Gasteiger partial charge in [0.2, 0.25) is 0 Å². The minimum absolute atomic E-state index is 0.0221. The molecule has 0 aliphatic heterocycles. The number of hydrogen-bond acceptors (Lipinski definition) is 7. The summed E-state index contributed by atoms with van der Waals surface area (Å²) < 4.78 is 3.82. The molecule has 0 aliphatic carbocycles. The predicted molar refractivity (Wildman–Crippen MR) is 107 cm³/mol. The van der Waals surface area contributed by atoms with Crippen molar-refractivity contribution in [3.05, 3.63) is 74.7 Å². The number of hydrogen-bond donors (Lipinski definition) is 4. The molecular formula is C20H18N4O6. The van der Waals surface area contributed by atoms with Crippen LogP contribution in [0.4, 0.5) is 0 Å². The molecule has 0 unspecified atom stereocenters. The number of nitrogens with zero attached hydrogens (tertiary/aromatic N) is 4. The molecule has 0 radical (unpaired) electrons. The topological polar surface area (TPSA) is 143 Å². The number of rotatable bonds is 4. The Kier molecular flexibility index (Phi) is 4.46. The SMILES string of the molecule is Cn1c(=O)c2c(ncn2Cc2ccc(O)c(O)c2)n(Cc2ccc(O)c(O)c2)c1=O. The second-order valence-corrected chi connectivity index (χ2v) is 6.92. The fraction of sp³-hybridized carbons (Fsp3) is 0.150. The van der Waals surface area contributed by atoms with E-state index in [2.05, 4.69) is 4.98 Å². The molecule has 0 atom stereocenters. The quantitative estimate of drug-likeness (QED) is 0.365. The van der Waals surface area contributed by atoms with Gasteiger partial charge in [-0.25, -0.2) is 9.78 Å². The number of aromatic nitrogens is 4. The molecule has 2 heterocycles. The Bertz CT molecular complexity index is 1400. The van der Waals surface area contributed by atoms with Gasteiger partial charge in [-0.05, 0) is 35.4 Å². The van der Waals surface area contributed by atoms with Crippen LogP contribution in [0.2, 0.25) is 0 Å². The fourth-order valence-electron chi connectivity index (χ4n) is 3.28. The van der Waals surface area contributed by atoms with Crippen molar-refractivity contribution in [2.45, 2.75) is 13.1 Å². The largest absolute Gasteiger partial charge is 0.504 e. The number of phenols is 4. The van der Waals surface area contributed by atoms with E-state index in [0.29, 0.717) is 11.1 Å². The number of imidazole rings is 1. The van der Waals surface area contributed by atoms with Crippen LogP contribution in [0.3, 0.4) is 0 Å². The van der Waals surface area contributed by atoms with Crippen molar-refractivity contribution >= 4 is 11.2 Å². The van der Waals surface area contributed by atoms with Crippen molar-refractivity contribution in [2.75, 3.05) is 0 Å². The lowest BCUT2D eigenvalue weighted by atomic mass is 10.2. The molecule has 0 spiro atoms. The first-order chi connectivity index (χ1) is 14.3. The maximum Gasteiger partial charge on any atom is 0.332 e. The molecule has 0 fully saturated rings. The summed E-state index contributed by atoms with van der Waals surface area (Å²) in [7, 11) is 1.36. The van der Waals surface area contributed by atoms with Crippen LogP contribution in [0.15, 0.2) is 52.3 Å². The number of fused-ring (bicyclic) bond motifs is 1. The Morgan fingerprint density at radius 3 is 1.97 bits per heavy atom. The molecule has 4 aromatic rings. The summed E-state index contributed by atoms with van der Waals surface area (Å²) in [5, 5.41) is 38.4. The molecule has 0 saturated heterocycles. The van der Waals surface area contributed by atoms with Gasteiger partial charge in [0.05, 0.1) is 12.9 Å². The number of phenolic OH excluding ortho intramolecular Hbond substituents is 4. The summed E-state index contributed by atoms with van der Waals surface area (Å²) in [5.41, 5.74) is 0.400. The lowest BCUT2D eigenvalue weighted by molar-refractivity contribution is 0.403. The van der Waals surface area contributed by atoms with E-state index in [0.717, 1.165) is 4.57 Å². The molecule has 4 N–H and O–H groups in total. The summed E-state index contributed by atoms with van der Waals surface area (Å²) in [6, 6.07) is 8.50. The number of benzene rings is 2. The summed E-state index contributed by atoms with van der Waals surface area (Å²) in [6.45, 7) is 0.200. The smallest absolute Gasteiger partial charge is 0.332 e. The van der Waals surface area contributed by atoms with Crippen LogP contribution in [-0.2, 0) is 20.1 Å². The number of aromatic hydroxyl groups is 4. The lowest BCUT2D eigenvalue weighted by Crippen LogP contribution is -2.39. The molecule has 10 heteroatoms. The minimum atomic E-state index is -0.576. The molecule has 0 saturated carbocycles. The van der Waals surface area contributed by atoms with Gasteiger partial charge in [-0.3, -0.25) is 13.9 Å². The first-order valence-corrected chi connectivity index (χ1v) is 8.92. The molecule has 2 aromatic carbocycles. The second-order valence-electron chi connectivity index (χ2n) is 6.92. The first-order valence-electron chi connectivity index (χ1n) is 8.92. The summed E-state index contributed by atoms with van der Waals surface area (Å²) in [6.07, 6.45) is 1.42. The molecule has 30 heavy (non-hydrogen) atoms. The zero-order valence-electron chi connectivity index (χ0n) is 15.8. The Morgan fingerprint density at radius 2 is 1.40 bits per heavy atom. The van der Waals surface area contributed by atoms with Gasteiger partial charge in [-0.1, -0.05) is 12.1 Å². The molecule has 154 valence electrons. The van der Waals surface area contributed by atoms with Crippen molar-refractivity contribution in [1.82, 2.24) is 18.7 Å². The van der Waals surface area contributed by atoms with Gasteiger partial charge >= 0.3 is 5.69 Å². The van der Waals surface area contributed by atoms with E-state index in [-0.39, 0.29) is 47.3 Å². The molecule has 0 aliphatic rings. The highest BCUT2D eigenvalue weighted by Crippen LogP contribution is 2.26. The van der Waals surface area contributed by atoms with Crippen molar-refractivity contribution in [3.8, 4) is 23.0 Å². The molecule has 2 aromatic heterocycles. The fourth-order valence-corrected chi connectivity index (χ4v) is 3.28. The normalized spacial score (nSPS) is 11.2. The van der Waals surface area contributed by atoms with Crippen LogP contribution < -0.4 is 11.2 Å². The van der Waals surface area contributed by atoms with Crippen LogP contribution in [0.1, 0.15) is 11.1 Å². The molecule has 0 bridgehead atoms. The monoisotopic (exact) mass is 410 g/mol. The average Bonchev–Trinajstić information content (AvgIpc) is 3.12. The highest BCUT2D eigenvalue weighted by atomic mass is 16.3. The third-order valence-electron chi connectivity index (χ3n) is 4.87. The molecular weight excluding hydrogens is 392 g/mol. The first kappa shape index (κ1) is 19.1. The predicted octanol–water partition coefficient (Wildman–Crippen LogP) is 0.816. The minimum Gasteiger partial charge on any atom is -0.504 e. The Hall–Kier alpha value is -4.21. The van der Waals surface area contributed by atoms with Crippen LogP contribution in [0, 0.1) is 0 Å². The maximum absolute atomic E-state index is 12.8. The van der Waals surface area contributed by atoms with Crippen molar-refractivity contribution in [3.63, 3.8) is 0 Å². The average molecular weight is 410 g/mol. The van der Waals surface area contributed by atoms with E-state index < -0.39 is 11.2 Å². The Balaban J connectivity index is 1.84. The van der Waals surface area contributed by atoms with Crippen molar-refractivity contribution in [1.29, 1.82) is 0 Å². The van der Waals surface area contributed by atoms with Gasteiger partial charge in [0.1, 0.15) is 0 Å². The molecule has 4 rings (SSSR count). The van der Waals surface area contributed by atoms with E-state index in [1.807, 2.05) is 0 Å². The highest BCUT2D eigenvalue weighted by Gasteiger charge is 2.17. The van der Waals surface area contributed by atoms with E-state index in [9.17, 15) is 30.0 Å². The zero-order valence-corrected chi connectivity index (χ0v) is 15.8. The van der Waals surface area contributed by atoms with Gasteiger partial charge in [0.15, 0.2) is 34.2 Å². The summed E-state index contributed by atoms with van der Waals surface area (Å²) >= 11 is 0. The standard InChI is InChI=1S/C20H18N4O6/c1-22-19(29)17-18(21-10-23(17)8-11-2-4-13(25)15(27)6-11)24(20(22)30)9-12-3-5-14(26)16(28)7-12/h2-7,10,25-28H,8-9H2,1H3. The van der Waals surface area contributed by atoms with E-state index in [1.165, 1.54) is 42.2 Å². The van der Waals surface area contributed by atoms with E-state index >= 15 is 0 Å². The van der Waals surface area contributed by atoms with Gasteiger partial charge in [-0.15, -0.1) is 0 Å². The van der Waals surface area contributed by atoms with Crippen LogP contribution in [0.25, 0.3) is 11.2 Å². The molecule has 0 amide bonds. The van der Waals surface area contributed by atoms with Crippen molar-refractivity contribution in [2.24, 2.45) is 7.05 Å². The van der Waals surface area contributed by atoms with Gasteiger partial charge in [0, 0.05) is 13.6 Å². The third kappa shape index (κ3) is 3.13.